The van der Waals surface area contributed by atoms with Gasteiger partial charge in [0, 0.05) is 0 Å². The molecule has 0 unspecified atom stereocenters. The van der Waals surface area contributed by atoms with E-state index in [4.69, 9.17) is 0 Å². The summed E-state index contributed by atoms with van der Waals surface area (Å²) in [4.78, 5) is 0. The SMILES string of the molecule is C/C=C(C)/C(C)=C\C=C(/C)CC. The molecule has 0 heteroatoms. The minimum Gasteiger partial charge on any atom is -0.0845 e. The molecule has 0 aliphatic heterocycles. The first-order valence-electron chi connectivity index (χ1n) is 4.59. The van der Waals surface area contributed by atoms with Crippen molar-refractivity contribution in [2.45, 2.75) is 41.0 Å². The van der Waals surface area contributed by atoms with Gasteiger partial charge in [0.05, 0.1) is 0 Å². The van der Waals surface area contributed by atoms with E-state index in [1.54, 1.807) is 0 Å². The highest BCUT2D eigenvalue weighted by Gasteiger charge is 1.88. The maximum Gasteiger partial charge on any atom is -0.0349 e. The van der Waals surface area contributed by atoms with Crippen molar-refractivity contribution in [1.29, 1.82) is 0 Å². The Morgan fingerprint density at radius 2 is 1.58 bits per heavy atom. The van der Waals surface area contributed by atoms with Gasteiger partial charge in [0.15, 0.2) is 0 Å². The van der Waals surface area contributed by atoms with E-state index >= 15 is 0 Å². The Morgan fingerprint density at radius 1 is 1.00 bits per heavy atom. The lowest BCUT2D eigenvalue weighted by atomic mass is 10.1. The summed E-state index contributed by atoms with van der Waals surface area (Å²) in [5.41, 5.74) is 4.14. The first-order chi connectivity index (χ1) is 5.61. The Bertz CT molecular complexity index is 214. The van der Waals surface area contributed by atoms with Crippen LogP contribution in [0.5, 0.6) is 0 Å². The van der Waals surface area contributed by atoms with Gasteiger partial charge in [0.2, 0.25) is 0 Å². The summed E-state index contributed by atoms with van der Waals surface area (Å²) in [5, 5.41) is 0. The van der Waals surface area contributed by atoms with E-state index < -0.39 is 0 Å². The van der Waals surface area contributed by atoms with Crippen LogP contribution in [0.4, 0.5) is 0 Å². The topological polar surface area (TPSA) is 0 Å². The zero-order valence-electron chi connectivity index (χ0n) is 8.94. The molecule has 0 aromatic rings. The van der Waals surface area contributed by atoms with Crippen LogP contribution in [-0.4, -0.2) is 0 Å². The predicted molar refractivity (Wildman–Crippen MR) is 57.2 cm³/mol. The lowest BCUT2D eigenvalue weighted by molar-refractivity contribution is 1.10. The third-order valence-corrected chi connectivity index (χ3v) is 2.23. The van der Waals surface area contributed by atoms with Crippen LogP contribution in [0, 0.1) is 0 Å². The van der Waals surface area contributed by atoms with Gasteiger partial charge in [-0.25, -0.2) is 0 Å². The second-order valence-corrected chi connectivity index (χ2v) is 3.19. The van der Waals surface area contributed by atoms with Gasteiger partial charge in [0.25, 0.3) is 0 Å². The van der Waals surface area contributed by atoms with Gasteiger partial charge >= 0.3 is 0 Å². The van der Waals surface area contributed by atoms with Gasteiger partial charge in [-0.3, -0.25) is 0 Å². The summed E-state index contributed by atoms with van der Waals surface area (Å²) in [6.45, 7) is 10.7. The molecule has 0 aliphatic carbocycles. The highest BCUT2D eigenvalue weighted by atomic mass is 13.9. The molecule has 0 radical (unpaired) electrons. The van der Waals surface area contributed by atoms with Crippen LogP contribution in [0.3, 0.4) is 0 Å². The van der Waals surface area contributed by atoms with Crippen LogP contribution in [0.2, 0.25) is 0 Å². The van der Waals surface area contributed by atoms with Crippen LogP contribution < -0.4 is 0 Å². The molecule has 0 nitrogen and oxygen atoms in total. The van der Waals surface area contributed by atoms with Crippen molar-refractivity contribution in [1.82, 2.24) is 0 Å². The molecule has 0 saturated heterocycles. The predicted octanol–water partition coefficient (Wildman–Crippen LogP) is 4.26. The minimum atomic E-state index is 1.14. The summed E-state index contributed by atoms with van der Waals surface area (Å²) in [7, 11) is 0. The van der Waals surface area contributed by atoms with E-state index in [1.807, 2.05) is 0 Å². The number of rotatable bonds is 3. The molecule has 0 N–H and O–H groups in total. The lowest BCUT2D eigenvalue weighted by Crippen LogP contribution is -1.77. The fraction of sp³-hybridized carbons (Fsp3) is 0.500. The molecule has 0 amide bonds. The van der Waals surface area contributed by atoms with E-state index in [0.717, 1.165) is 6.42 Å². The average molecular weight is 164 g/mol. The Labute approximate surface area is 76.7 Å². The number of hydrogen-bond donors (Lipinski definition) is 0. The summed E-state index contributed by atoms with van der Waals surface area (Å²) in [6.07, 6.45) is 7.66. The molecule has 0 atom stereocenters. The fourth-order valence-corrected chi connectivity index (χ4v) is 0.744. The molecular weight excluding hydrogens is 144 g/mol. The third-order valence-electron chi connectivity index (χ3n) is 2.23. The van der Waals surface area contributed by atoms with Gasteiger partial charge in [-0.15, -0.1) is 0 Å². The number of allylic oxidation sites excluding steroid dienone is 6. The van der Waals surface area contributed by atoms with E-state index in [1.165, 1.54) is 16.7 Å². The maximum atomic E-state index is 2.20. The molecular formula is C12H20. The standard InChI is InChI=1S/C12H20/c1-6-10(3)8-9-12(5)11(4)7-2/h7-9H,6H2,1-5H3/b10-8+,11-7+,12-9-. The molecule has 0 heterocycles. The summed E-state index contributed by atoms with van der Waals surface area (Å²) >= 11 is 0. The van der Waals surface area contributed by atoms with Gasteiger partial charge in [-0.1, -0.05) is 36.3 Å². The fourth-order valence-electron chi connectivity index (χ4n) is 0.744. The zero-order valence-corrected chi connectivity index (χ0v) is 8.94. The Balaban J connectivity index is 4.38. The first kappa shape index (κ1) is 11.2. The van der Waals surface area contributed by atoms with Gasteiger partial charge < -0.3 is 0 Å². The van der Waals surface area contributed by atoms with E-state index in [9.17, 15) is 0 Å². The number of hydrogen-bond acceptors (Lipinski definition) is 0. The second kappa shape index (κ2) is 5.82. The van der Waals surface area contributed by atoms with Crippen LogP contribution in [-0.2, 0) is 0 Å². The van der Waals surface area contributed by atoms with Gasteiger partial charge in [-0.2, -0.15) is 0 Å². The van der Waals surface area contributed by atoms with Crippen LogP contribution in [0.15, 0.2) is 34.9 Å². The second-order valence-electron chi connectivity index (χ2n) is 3.19. The normalized spacial score (nSPS) is 15.2. The van der Waals surface area contributed by atoms with Gasteiger partial charge in [0.1, 0.15) is 0 Å². The van der Waals surface area contributed by atoms with Crippen molar-refractivity contribution < 1.29 is 0 Å². The third kappa shape index (κ3) is 4.17. The molecule has 0 bridgehead atoms. The highest BCUT2D eigenvalue weighted by molar-refractivity contribution is 5.30. The quantitative estimate of drug-likeness (QED) is 0.547. The molecule has 12 heavy (non-hydrogen) atoms. The summed E-state index contributed by atoms with van der Waals surface area (Å²) in [6, 6.07) is 0. The average Bonchev–Trinajstić information content (AvgIpc) is 2.11. The molecule has 68 valence electrons. The molecule has 0 aromatic heterocycles. The molecule has 0 aliphatic rings. The monoisotopic (exact) mass is 164 g/mol. The molecule has 0 rings (SSSR count). The minimum absolute atomic E-state index is 1.14. The maximum absolute atomic E-state index is 2.20. The van der Waals surface area contributed by atoms with Gasteiger partial charge in [-0.05, 0) is 39.7 Å². The van der Waals surface area contributed by atoms with E-state index in [-0.39, 0.29) is 0 Å². The summed E-state index contributed by atoms with van der Waals surface area (Å²) in [5.74, 6) is 0. The molecule has 0 spiro atoms. The Kier molecular flexibility index (Phi) is 5.44. The van der Waals surface area contributed by atoms with Crippen molar-refractivity contribution in [2.24, 2.45) is 0 Å². The Morgan fingerprint density at radius 3 is 2.00 bits per heavy atom. The largest absolute Gasteiger partial charge is 0.0845 e. The van der Waals surface area contributed by atoms with Crippen molar-refractivity contribution in [2.75, 3.05) is 0 Å². The summed E-state index contributed by atoms with van der Waals surface area (Å²) < 4.78 is 0. The molecule has 0 aromatic carbocycles. The van der Waals surface area contributed by atoms with Crippen molar-refractivity contribution >= 4 is 0 Å². The van der Waals surface area contributed by atoms with Crippen molar-refractivity contribution in [3.63, 3.8) is 0 Å². The van der Waals surface area contributed by atoms with E-state index in [0.29, 0.717) is 0 Å². The van der Waals surface area contributed by atoms with Crippen molar-refractivity contribution in [3.8, 4) is 0 Å². The first-order valence-corrected chi connectivity index (χ1v) is 4.59. The van der Waals surface area contributed by atoms with Crippen LogP contribution >= 0.6 is 0 Å². The smallest absolute Gasteiger partial charge is 0.0349 e. The van der Waals surface area contributed by atoms with E-state index in [2.05, 4.69) is 52.8 Å². The van der Waals surface area contributed by atoms with Crippen molar-refractivity contribution in [3.05, 3.63) is 34.9 Å². The molecule has 0 fully saturated rings. The van der Waals surface area contributed by atoms with Crippen LogP contribution in [0.1, 0.15) is 41.0 Å². The zero-order chi connectivity index (χ0) is 9.56. The Hall–Kier alpha value is -0.780. The highest BCUT2D eigenvalue weighted by Crippen LogP contribution is 2.09. The molecule has 0 saturated carbocycles. The van der Waals surface area contributed by atoms with Crippen LogP contribution in [0.25, 0.3) is 0 Å². The lowest BCUT2D eigenvalue weighted by Gasteiger charge is -1.98.